The number of aromatic nitrogens is 2. The Morgan fingerprint density at radius 3 is 2.52 bits per heavy atom. The molecule has 0 aliphatic carbocycles. The number of nitrogens with zero attached hydrogens (tertiary/aromatic N) is 2. The van der Waals surface area contributed by atoms with Crippen molar-refractivity contribution in [3.63, 3.8) is 0 Å². The van der Waals surface area contributed by atoms with Crippen molar-refractivity contribution in [1.82, 2.24) is 9.97 Å². The quantitative estimate of drug-likeness (QED) is 0.731. The third kappa shape index (κ3) is 4.07. The lowest BCUT2D eigenvalue weighted by Crippen LogP contribution is -2.04. The highest BCUT2D eigenvalue weighted by atomic mass is 15.1. The van der Waals surface area contributed by atoms with Crippen molar-refractivity contribution in [1.29, 1.82) is 0 Å². The van der Waals surface area contributed by atoms with Crippen molar-refractivity contribution in [2.24, 2.45) is 0 Å². The van der Waals surface area contributed by atoms with Gasteiger partial charge in [-0.15, -0.1) is 0 Å². The van der Waals surface area contributed by atoms with Crippen LogP contribution < -0.4 is 10.6 Å². The number of hydrogen-bond acceptors (Lipinski definition) is 4. The highest BCUT2D eigenvalue weighted by molar-refractivity contribution is 5.56. The van der Waals surface area contributed by atoms with E-state index in [0.29, 0.717) is 5.95 Å². The zero-order chi connectivity index (χ0) is 16.1. The van der Waals surface area contributed by atoms with Crippen LogP contribution in [0.2, 0.25) is 0 Å². The van der Waals surface area contributed by atoms with Gasteiger partial charge in [0.15, 0.2) is 0 Å². The van der Waals surface area contributed by atoms with Gasteiger partial charge < -0.3 is 10.6 Å². The fourth-order valence-electron chi connectivity index (χ4n) is 2.25. The SMILES string of the molecule is Cc1ccc(Nc2nccc(NCc3ccccc3)n2)cc1C. The first-order valence-corrected chi connectivity index (χ1v) is 7.66. The second-order valence-corrected chi connectivity index (χ2v) is 5.53. The molecule has 0 amide bonds. The van der Waals surface area contributed by atoms with E-state index in [1.165, 1.54) is 16.7 Å². The van der Waals surface area contributed by atoms with Gasteiger partial charge in [0, 0.05) is 18.4 Å². The standard InChI is InChI=1S/C19H20N4/c1-14-8-9-17(12-15(14)2)22-19-20-11-10-18(23-19)21-13-16-6-4-3-5-7-16/h3-12H,13H2,1-2H3,(H2,20,21,22,23). The molecular weight excluding hydrogens is 284 g/mol. The maximum absolute atomic E-state index is 4.50. The number of hydrogen-bond donors (Lipinski definition) is 2. The normalized spacial score (nSPS) is 10.3. The molecule has 0 saturated heterocycles. The summed E-state index contributed by atoms with van der Waals surface area (Å²) in [4.78, 5) is 8.78. The molecule has 0 spiro atoms. The molecule has 1 heterocycles. The molecule has 0 saturated carbocycles. The molecule has 0 atom stereocenters. The lowest BCUT2D eigenvalue weighted by molar-refractivity contribution is 1.08. The average molecular weight is 304 g/mol. The first kappa shape index (κ1) is 15.0. The van der Waals surface area contributed by atoms with Crippen LogP contribution in [0.3, 0.4) is 0 Å². The summed E-state index contributed by atoms with van der Waals surface area (Å²) < 4.78 is 0. The third-order valence-electron chi connectivity index (χ3n) is 3.74. The van der Waals surface area contributed by atoms with Crippen LogP contribution in [0, 0.1) is 13.8 Å². The molecule has 0 radical (unpaired) electrons. The predicted octanol–water partition coefficient (Wildman–Crippen LogP) is 4.45. The van der Waals surface area contributed by atoms with Gasteiger partial charge in [-0.3, -0.25) is 0 Å². The number of aryl methyl sites for hydroxylation is 2. The average Bonchev–Trinajstić information content (AvgIpc) is 2.58. The van der Waals surface area contributed by atoms with Gasteiger partial charge in [0.1, 0.15) is 5.82 Å². The zero-order valence-corrected chi connectivity index (χ0v) is 13.4. The monoisotopic (exact) mass is 304 g/mol. The van der Waals surface area contributed by atoms with Gasteiger partial charge in [-0.05, 0) is 48.7 Å². The largest absolute Gasteiger partial charge is 0.366 e. The fraction of sp³-hybridized carbons (Fsp3) is 0.158. The molecule has 0 aliphatic heterocycles. The van der Waals surface area contributed by atoms with Crippen LogP contribution in [-0.4, -0.2) is 9.97 Å². The summed E-state index contributed by atoms with van der Waals surface area (Å²) in [5.74, 6) is 1.39. The molecule has 0 bridgehead atoms. The Balaban J connectivity index is 1.68. The first-order chi connectivity index (χ1) is 11.2. The van der Waals surface area contributed by atoms with E-state index in [0.717, 1.165) is 18.1 Å². The maximum atomic E-state index is 4.50. The summed E-state index contributed by atoms with van der Waals surface area (Å²) in [6.07, 6.45) is 1.75. The Hall–Kier alpha value is -2.88. The van der Waals surface area contributed by atoms with E-state index in [4.69, 9.17) is 0 Å². The molecule has 3 aromatic rings. The summed E-state index contributed by atoms with van der Waals surface area (Å²) in [5.41, 5.74) is 4.73. The summed E-state index contributed by atoms with van der Waals surface area (Å²) in [6, 6.07) is 18.3. The van der Waals surface area contributed by atoms with Gasteiger partial charge in [-0.2, -0.15) is 4.98 Å². The molecule has 2 aromatic carbocycles. The lowest BCUT2D eigenvalue weighted by Gasteiger charge is -2.09. The van der Waals surface area contributed by atoms with E-state index >= 15 is 0 Å². The van der Waals surface area contributed by atoms with Crippen molar-refractivity contribution < 1.29 is 0 Å². The van der Waals surface area contributed by atoms with Gasteiger partial charge >= 0.3 is 0 Å². The molecule has 0 unspecified atom stereocenters. The summed E-state index contributed by atoms with van der Waals surface area (Å²) in [7, 11) is 0. The Bertz CT molecular complexity index is 784. The minimum Gasteiger partial charge on any atom is -0.366 e. The smallest absolute Gasteiger partial charge is 0.229 e. The second-order valence-electron chi connectivity index (χ2n) is 5.53. The van der Waals surface area contributed by atoms with Crippen LogP contribution in [0.1, 0.15) is 16.7 Å². The molecule has 0 fully saturated rings. The number of nitrogens with one attached hydrogen (secondary N) is 2. The molecule has 1 aromatic heterocycles. The Morgan fingerprint density at radius 1 is 0.913 bits per heavy atom. The van der Waals surface area contributed by atoms with E-state index in [-0.39, 0.29) is 0 Å². The number of rotatable bonds is 5. The van der Waals surface area contributed by atoms with Crippen molar-refractivity contribution in [3.05, 3.63) is 77.5 Å². The minimum atomic E-state index is 0.589. The molecule has 23 heavy (non-hydrogen) atoms. The van der Waals surface area contributed by atoms with Crippen molar-refractivity contribution >= 4 is 17.5 Å². The summed E-state index contributed by atoms with van der Waals surface area (Å²) in [5, 5.41) is 6.56. The lowest BCUT2D eigenvalue weighted by atomic mass is 10.1. The Morgan fingerprint density at radius 2 is 1.74 bits per heavy atom. The first-order valence-electron chi connectivity index (χ1n) is 7.66. The van der Waals surface area contributed by atoms with Gasteiger partial charge in [0.2, 0.25) is 5.95 Å². The zero-order valence-electron chi connectivity index (χ0n) is 13.4. The Kier molecular flexibility index (Phi) is 4.52. The maximum Gasteiger partial charge on any atom is 0.229 e. The van der Waals surface area contributed by atoms with Gasteiger partial charge in [-0.25, -0.2) is 4.98 Å². The van der Waals surface area contributed by atoms with Gasteiger partial charge in [0.25, 0.3) is 0 Å². The van der Waals surface area contributed by atoms with Gasteiger partial charge in [0.05, 0.1) is 0 Å². The highest BCUT2D eigenvalue weighted by Gasteiger charge is 2.02. The van der Waals surface area contributed by atoms with Crippen LogP contribution in [0.4, 0.5) is 17.5 Å². The number of anilines is 3. The fourth-order valence-corrected chi connectivity index (χ4v) is 2.25. The topological polar surface area (TPSA) is 49.8 Å². The third-order valence-corrected chi connectivity index (χ3v) is 3.74. The van der Waals surface area contributed by atoms with Crippen molar-refractivity contribution in [3.8, 4) is 0 Å². The molecular formula is C19H20N4. The van der Waals surface area contributed by atoms with E-state index < -0.39 is 0 Å². The number of benzene rings is 2. The molecule has 2 N–H and O–H groups in total. The van der Waals surface area contributed by atoms with E-state index in [1.807, 2.05) is 30.3 Å². The molecule has 116 valence electrons. The van der Waals surface area contributed by atoms with Gasteiger partial charge in [-0.1, -0.05) is 36.4 Å². The summed E-state index contributed by atoms with van der Waals surface area (Å²) >= 11 is 0. The van der Waals surface area contributed by atoms with Crippen LogP contribution >= 0.6 is 0 Å². The van der Waals surface area contributed by atoms with Crippen molar-refractivity contribution in [2.75, 3.05) is 10.6 Å². The van der Waals surface area contributed by atoms with E-state index in [9.17, 15) is 0 Å². The molecule has 3 rings (SSSR count). The van der Waals surface area contributed by atoms with Crippen LogP contribution in [-0.2, 0) is 6.54 Å². The second kappa shape index (κ2) is 6.92. The van der Waals surface area contributed by atoms with Crippen molar-refractivity contribution in [2.45, 2.75) is 20.4 Å². The Labute approximate surface area is 136 Å². The minimum absolute atomic E-state index is 0.589. The van der Waals surface area contributed by atoms with Crippen LogP contribution in [0.15, 0.2) is 60.8 Å². The van der Waals surface area contributed by atoms with Crippen LogP contribution in [0.5, 0.6) is 0 Å². The predicted molar refractivity (Wildman–Crippen MR) is 95.0 cm³/mol. The highest BCUT2D eigenvalue weighted by Crippen LogP contribution is 2.18. The molecule has 4 nitrogen and oxygen atoms in total. The summed E-state index contributed by atoms with van der Waals surface area (Å²) in [6.45, 7) is 4.93. The van der Waals surface area contributed by atoms with E-state index in [1.54, 1.807) is 6.20 Å². The molecule has 0 aliphatic rings. The molecule has 4 heteroatoms. The van der Waals surface area contributed by atoms with Crippen LogP contribution in [0.25, 0.3) is 0 Å². The van der Waals surface area contributed by atoms with E-state index in [2.05, 4.69) is 58.7 Å².